The van der Waals surface area contributed by atoms with Crippen molar-refractivity contribution in [3.63, 3.8) is 0 Å². The number of amides is 1. The Bertz CT molecular complexity index is 441. The summed E-state index contributed by atoms with van der Waals surface area (Å²) in [5, 5.41) is 6.11. The van der Waals surface area contributed by atoms with E-state index < -0.39 is 0 Å². The third-order valence-electron chi connectivity index (χ3n) is 3.56. The maximum absolute atomic E-state index is 12.5. The Labute approximate surface area is 112 Å². The van der Waals surface area contributed by atoms with E-state index in [-0.39, 0.29) is 17.4 Å². The first-order valence-electron chi connectivity index (χ1n) is 6.34. The number of aryl methyl sites for hydroxylation is 1. The molecule has 0 bridgehead atoms. The van der Waals surface area contributed by atoms with Crippen molar-refractivity contribution < 1.29 is 4.79 Å². The first kappa shape index (κ1) is 13.5. The minimum absolute atomic E-state index is 0.107. The number of likely N-dealkylation sites (N-methyl/N-ethyl adjacent to an activating group) is 1. The second-order valence-corrected chi connectivity index (χ2v) is 6.74. The van der Waals surface area contributed by atoms with Crippen LogP contribution in [0.25, 0.3) is 0 Å². The summed E-state index contributed by atoms with van der Waals surface area (Å²) in [5.41, 5.74) is 0.184. The fourth-order valence-electron chi connectivity index (χ4n) is 2.38. The van der Waals surface area contributed by atoms with Crippen LogP contribution < -0.4 is 10.2 Å². The quantitative estimate of drug-likeness (QED) is 0.893. The molecule has 0 aliphatic carbocycles. The molecule has 1 N–H and O–H groups in total. The van der Waals surface area contributed by atoms with Gasteiger partial charge in [0.05, 0.1) is 11.0 Å². The molecule has 0 aromatic carbocycles. The summed E-state index contributed by atoms with van der Waals surface area (Å²) in [4.78, 5) is 18.8. The van der Waals surface area contributed by atoms with Gasteiger partial charge >= 0.3 is 0 Å². The summed E-state index contributed by atoms with van der Waals surface area (Å²) >= 11 is 1.59. The average molecular weight is 267 g/mol. The van der Waals surface area contributed by atoms with Crippen LogP contribution in [0.4, 0.5) is 5.82 Å². The number of hydrogen-bond donors (Lipinski definition) is 1. The number of anilines is 1. The molecule has 1 aromatic heterocycles. The predicted molar refractivity (Wildman–Crippen MR) is 75.1 cm³/mol. The van der Waals surface area contributed by atoms with Crippen molar-refractivity contribution in [2.45, 2.75) is 39.7 Å². The number of nitrogens with one attached hydrogen (secondary N) is 1. The minimum Gasteiger partial charge on any atom is -0.309 e. The summed E-state index contributed by atoms with van der Waals surface area (Å²) in [6, 6.07) is -0.107. The predicted octanol–water partition coefficient (Wildman–Crippen LogP) is 2.19. The molecular formula is C13H21N3OS. The smallest absolute Gasteiger partial charge is 0.245 e. The lowest BCUT2D eigenvalue weighted by Crippen LogP contribution is -2.44. The van der Waals surface area contributed by atoms with E-state index in [2.05, 4.69) is 24.1 Å². The van der Waals surface area contributed by atoms with Gasteiger partial charge in [0.15, 0.2) is 0 Å². The molecule has 0 radical (unpaired) electrons. The van der Waals surface area contributed by atoms with Gasteiger partial charge in [-0.1, -0.05) is 13.8 Å². The fraction of sp³-hybridized carbons (Fsp3) is 0.692. The molecule has 0 saturated carbocycles. The van der Waals surface area contributed by atoms with Crippen molar-refractivity contribution >= 4 is 23.1 Å². The SMILES string of the molecule is CNC1CC(C)(C)CCN(c2csc(C)n2)C1=O. The van der Waals surface area contributed by atoms with Crippen molar-refractivity contribution in [1.82, 2.24) is 10.3 Å². The number of aromatic nitrogens is 1. The van der Waals surface area contributed by atoms with E-state index in [1.807, 2.05) is 24.3 Å². The molecule has 100 valence electrons. The summed E-state index contributed by atoms with van der Waals surface area (Å²) in [5.74, 6) is 0.953. The maximum Gasteiger partial charge on any atom is 0.245 e. The fourth-order valence-corrected chi connectivity index (χ4v) is 2.99. The maximum atomic E-state index is 12.5. The monoisotopic (exact) mass is 267 g/mol. The molecule has 5 heteroatoms. The van der Waals surface area contributed by atoms with Crippen LogP contribution in [-0.2, 0) is 4.79 Å². The molecule has 1 atom stereocenters. The normalized spacial score (nSPS) is 24.1. The summed E-state index contributed by atoms with van der Waals surface area (Å²) in [7, 11) is 1.86. The Morgan fingerprint density at radius 3 is 2.83 bits per heavy atom. The van der Waals surface area contributed by atoms with E-state index in [1.54, 1.807) is 11.3 Å². The van der Waals surface area contributed by atoms with Gasteiger partial charge < -0.3 is 5.32 Å². The van der Waals surface area contributed by atoms with E-state index in [9.17, 15) is 4.79 Å². The van der Waals surface area contributed by atoms with Gasteiger partial charge in [-0.25, -0.2) is 4.98 Å². The first-order chi connectivity index (χ1) is 8.43. The molecule has 1 aliphatic rings. The molecule has 1 unspecified atom stereocenters. The molecule has 4 nitrogen and oxygen atoms in total. The molecule has 1 amide bonds. The van der Waals surface area contributed by atoms with Gasteiger partial charge in [-0.05, 0) is 32.2 Å². The minimum atomic E-state index is -0.107. The van der Waals surface area contributed by atoms with E-state index in [0.29, 0.717) is 0 Å². The molecule has 18 heavy (non-hydrogen) atoms. The highest BCUT2D eigenvalue weighted by Gasteiger charge is 2.35. The topological polar surface area (TPSA) is 45.2 Å². The van der Waals surface area contributed by atoms with Crippen LogP contribution in [0.3, 0.4) is 0 Å². The molecule has 1 aliphatic heterocycles. The lowest BCUT2D eigenvalue weighted by atomic mass is 9.83. The van der Waals surface area contributed by atoms with Crippen molar-refractivity contribution in [1.29, 1.82) is 0 Å². The summed E-state index contributed by atoms with van der Waals surface area (Å²) < 4.78 is 0. The number of carbonyl (C=O) groups is 1. The van der Waals surface area contributed by atoms with Crippen molar-refractivity contribution in [2.75, 3.05) is 18.5 Å². The second kappa shape index (κ2) is 4.97. The zero-order chi connectivity index (χ0) is 13.3. The molecule has 0 spiro atoms. The molecule has 2 heterocycles. The number of carbonyl (C=O) groups excluding carboxylic acids is 1. The Kier molecular flexibility index (Phi) is 3.73. The van der Waals surface area contributed by atoms with Gasteiger partial charge in [-0.15, -0.1) is 11.3 Å². The van der Waals surface area contributed by atoms with Crippen LogP contribution in [0.15, 0.2) is 5.38 Å². The average Bonchev–Trinajstić information content (AvgIpc) is 2.67. The van der Waals surface area contributed by atoms with E-state index in [0.717, 1.165) is 30.2 Å². The molecular weight excluding hydrogens is 246 g/mol. The van der Waals surface area contributed by atoms with Gasteiger partial charge in [0.2, 0.25) is 5.91 Å². The van der Waals surface area contributed by atoms with Gasteiger partial charge in [0.25, 0.3) is 0 Å². The highest BCUT2D eigenvalue weighted by atomic mass is 32.1. The van der Waals surface area contributed by atoms with Crippen molar-refractivity contribution in [3.05, 3.63) is 10.4 Å². The zero-order valence-corrected chi connectivity index (χ0v) is 12.3. The van der Waals surface area contributed by atoms with E-state index >= 15 is 0 Å². The number of thiazole rings is 1. The third kappa shape index (κ3) is 2.72. The van der Waals surface area contributed by atoms with Gasteiger partial charge in [-0.2, -0.15) is 0 Å². The van der Waals surface area contributed by atoms with Crippen LogP contribution in [0.5, 0.6) is 0 Å². The highest BCUT2D eigenvalue weighted by molar-refractivity contribution is 7.09. The Hall–Kier alpha value is -0.940. The van der Waals surface area contributed by atoms with Gasteiger partial charge in [0.1, 0.15) is 5.82 Å². The van der Waals surface area contributed by atoms with Gasteiger partial charge in [-0.3, -0.25) is 9.69 Å². The van der Waals surface area contributed by atoms with E-state index in [4.69, 9.17) is 0 Å². The summed E-state index contributed by atoms with van der Waals surface area (Å²) in [6.07, 6.45) is 1.88. The lowest BCUT2D eigenvalue weighted by molar-refractivity contribution is -0.120. The number of hydrogen-bond acceptors (Lipinski definition) is 4. The van der Waals surface area contributed by atoms with Crippen LogP contribution in [0, 0.1) is 12.3 Å². The summed E-state index contributed by atoms with van der Waals surface area (Å²) in [6.45, 7) is 7.17. The Morgan fingerprint density at radius 1 is 1.56 bits per heavy atom. The van der Waals surface area contributed by atoms with Crippen LogP contribution in [0.2, 0.25) is 0 Å². The van der Waals surface area contributed by atoms with Gasteiger partial charge in [0, 0.05) is 11.9 Å². The molecule has 1 fully saturated rings. The molecule has 1 saturated heterocycles. The third-order valence-corrected chi connectivity index (χ3v) is 4.33. The lowest BCUT2D eigenvalue weighted by Gasteiger charge is -2.24. The molecule has 1 aromatic rings. The largest absolute Gasteiger partial charge is 0.309 e. The zero-order valence-electron chi connectivity index (χ0n) is 11.5. The van der Waals surface area contributed by atoms with Crippen molar-refractivity contribution in [3.8, 4) is 0 Å². The van der Waals surface area contributed by atoms with Crippen LogP contribution >= 0.6 is 11.3 Å². The Morgan fingerprint density at radius 2 is 2.28 bits per heavy atom. The van der Waals surface area contributed by atoms with Crippen LogP contribution in [-0.4, -0.2) is 30.5 Å². The Balaban J connectivity index is 2.27. The highest BCUT2D eigenvalue weighted by Crippen LogP contribution is 2.32. The van der Waals surface area contributed by atoms with Crippen molar-refractivity contribution in [2.24, 2.45) is 5.41 Å². The van der Waals surface area contributed by atoms with Crippen LogP contribution in [0.1, 0.15) is 31.7 Å². The van der Waals surface area contributed by atoms with E-state index in [1.165, 1.54) is 0 Å². The second-order valence-electron chi connectivity index (χ2n) is 5.67. The molecule has 2 rings (SSSR count). The number of rotatable bonds is 2. The standard InChI is InChI=1S/C13H21N3OS/c1-9-15-11(8-18-9)16-6-5-13(2,3)7-10(14-4)12(16)17/h8,10,14H,5-7H2,1-4H3. The number of nitrogens with zero attached hydrogens (tertiary/aromatic N) is 2. The first-order valence-corrected chi connectivity index (χ1v) is 7.22.